The Balaban J connectivity index is 1.74. The molecule has 1 aliphatic heterocycles. The van der Waals surface area contributed by atoms with Gasteiger partial charge in [-0.3, -0.25) is 19.2 Å². The van der Waals surface area contributed by atoms with Gasteiger partial charge in [0.25, 0.3) is 0 Å². The number of carboxylic acids is 1. The van der Waals surface area contributed by atoms with E-state index in [4.69, 9.17) is 4.74 Å². The van der Waals surface area contributed by atoms with Crippen LogP contribution in [0.4, 0.5) is 0 Å². The highest BCUT2D eigenvalue weighted by Gasteiger charge is 2.71. The molecule has 4 fully saturated rings. The van der Waals surface area contributed by atoms with Crippen LogP contribution in [0, 0.1) is 28.6 Å². The van der Waals surface area contributed by atoms with Gasteiger partial charge in [-0.2, -0.15) is 0 Å². The second-order valence-electron chi connectivity index (χ2n) is 8.65. The quantitative estimate of drug-likeness (QED) is 0.273. The Morgan fingerprint density at radius 1 is 1.31 bits per heavy atom. The molecule has 0 unspecified atom stereocenters. The van der Waals surface area contributed by atoms with Crippen molar-refractivity contribution in [2.45, 2.75) is 49.1 Å². The smallest absolute Gasteiger partial charge is 0.313 e. The largest absolute Gasteiger partial charge is 0.481 e. The molecule has 0 amide bonds. The van der Waals surface area contributed by atoms with Gasteiger partial charge in [-0.15, -0.1) is 0 Å². The first-order valence-corrected chi connectivity index (χ1v) is 10.3. The molecular formula is C19H19IO6. The monoisotopic (exact) mass is 470 g/mol. The van der Waals surface area contributed by atoms with Gasteiger partial charge in [-0.25, -0.2) is 0 Å². The van der Waals surface area contributed by atoms with Crippen molar-refractivity contribution >= 4 is 46.1 Å². The van der Waals surface area contributed by atoms with Crippen LogP contribution in [0.2, 0.25) is 0 Å². The molecule has 138 valence electrons. The van der Waals surface area contributed by atoms with Crippen LogP contribution in [0.5, 0.6) is 0 Å². The summed E-state index contributed by atoms with van der Waals surface area (Å²) in [6, 6.07) is 0. The summed E-state index contributed by atoms with van der Waals surface area (Å²) in [7, 11) is 0. The highest BCUT2D eigenvalue weighted by molar-refractivity contribution is 14.1. The number of ketones is 2. The van der Waals surface area contributed by atoms with Gasteiger partial charge in [0.15, 0.2) is 0 Å². The number of esters is 1. The van der Waals surface area contributed by atoms with E-state index in [1.54, 1.807) is 6.92 Å². The Morgan fingerprint density at radius 2 is 2.04 bits per heavy atom. The number of allylic oxidation sites excluding steroid dienone is 1. The molecule has 0 aromatic carbocycles. The van der Waals surface area contributed by atoms with E-state index < -0.39 is 40.7 Å². The van der Waals surface area contributed by atoms with Crippen molar-refractivity contribution in [3.8, 4) is 0 Å². The Morgan fingerprint density at radius 3 is 2.73 bits per heavy atom. The lowest BCUT2D eigenvalue weighted by Crippen LogP contribution is -2.56. The number of hydrogen-bond donors (Lipinski definition) is 1. The molecule has 0 aromatic rings. The third-order valence-corrected chi connectivity index (χ3v) is 9.11. The maximum atomic E-state index is 13.2. The molecule has 7 heteroatoms. The van der Waals surface area contributed by atoms with E-state index in [-0.39, 0.29) is 34.3 Å². The highest BCUT2D eigenvalue weighted by Crippen LogP contribution is 2.66. The molecular weight excluding hydrogens is 451 g/mol. The van der Waals surface area contributed by atoms with Crippen molar-refractivity contribution in [2.24, 2.45) is 28.6 Å². The summed E-state index contributed by atoms with van der Waals surface area (Å²) in [4.78, 5) is 50.2. The van der Waals surface area contributed by atoms with Gasteiger partial charge < -0.3 is 9.84 Å². The molecule has 1 N–H and O–H groups in total. The molecule has 1 saturated heterocycles. The Bertz CT molecular complexity index is 830. The maximum absolute atomic E-state index is 13.2. The van der Waals surface area contributed by atoms with E-state index in [0.29, 0.717) is 12.8 Å². The molecule has 1 spiro atoms. The van der Waals surface area contributed by atoms with E-state index in [1.807, 2.05) is 0 Å². The van der Waals surface area contributed by atoms with Gasteiger partial charge in [0.1, 0.15) is 23.6 Å². The third-order valence-electron chi connectivity index (χ3n) is 7.73. The van der Waals surface area contributed by atoms with Crippen molar-refractivity contribution in [3.05, 3.63) is 11.1 Å². The summed E-state index contributed by atoms with van der Waals surface area (Å²) in [5.41, 5.74) is 0.161. The van der Waals surface area contributed by atoms with Gasteiger partial charge in [-0.05, 0) is 31.8 Å². The van der Waals surface area contributed by atoms with Crippen LogP contribution < -0.4 is 0 Å². The number of carboxylic acid groups (broad SMARTS) is 1. The summed E-state index contributed by atoms with van der Waals surface area (Å²) >= 11 is 2.19. The number of fused-ring (bicyclic) bond motifs is 5. The van der Waals surface area contributed by atoms with Crippen LogP contribution in [0.25, 0.3) is 0 Å². The average Bonchev–Trinajstić information content (AvgIpc) is 2.97. The van der Waals surface area contributed by atoms with Gasteiger partial charge in [0.2, 0.25) is 0 Å². The highest BCUT2D eigenvalue weighted by atomic mass is 127. The van der Waals surface area contributed by atoms with Crippen LogP contribution in [-0.4, -0.2) is 38.6 Å². The van der Waals surface area contributed by atoms with Crippen LogP contribution in [0.15, 0.2) is 11.1 Å². The summed E-state index contributed by atoms with van der Waals surface area (Å²) in [6.07, 6.45) is 1.76. The van der Waals surface area contributed by atoms with Gasteiger partial charge in [0, 0.05) is 24.7 Å². The van der Waals surface area contributed by atoms with E-state index in [9.17, 15) is 24.3 Å². The average molecular weight is 470 g/mol. The molecule has 5 aliphatic rings. The molecule has 1 heterocycles. The Hall–Kier alpha value is -1.25. The lowest BCUT2D eigenvalue weighted by molar-refractivity contribution is -0.154. The van der Waals surface area contributed by atoms with Crippen molar-refractivity contribution in [2.75, 3.05) is 0 Å². The first-order chi connectivity index (χ1) is 12.2. The summed E-state index contributed by atoms with van der Waals surface area (Å²) < 4.78 is 5.28. The molecule has 0 aromatic heterocycles. The van der Waals surface area contributed by atoms with Gasteiger partial charge in [0.05, 0.1) is 14.8 Å². The fourth-order valence-corrected chi connectivity index (χ4v) is 7.82. The van der Waals surface area contributed by atoms with Crippen molar-refractivity contribution in [1.82, 2.24) is 0 Å². The number of aliphatic carboxylic acids is 1. The Labute approximate surface area is 163 Å². The molecule has 3 saturated carbocycles. The predicted molar refractivity (Wildman–Crippen MR) is 96.5 cm³/mol. The molecule has 7 atom stereocenters. The van der Waals surface area contributed by atoms with Crippen LogP contribution in [0.3, 0.4) is 0 Å². The number of rotatable bonds is 1. The second kappa shape index (κ2) is 4.97. The maximum Gasteiger partial charge on any atom is 0.313 e. The summed E-state index contributed by atoms with van der Waals surface area (Å²) in [6.45, 7) is 1.65. The van der Waals surface area contributed by atoms with E-state index in [1.165, 1.54) is 0 Å². The second-order valence-corrected chi connectivity index (χ2v) is 9.99. The first-order valence-electron chi connectivity index (χ1n) is 9.09. The number of carbonyl (C=O) groups is 4. The minimum atomic E-state index is -1.21. The molecule has 6 nitrogen and oxygen atoms in total. The number of hydrogen-bond acceptors (Lipinski definition) is 5. The topological polar surface area (TPSA) is 97.7 Å². The van der Waals surface area contributed by atoms with Gasteiger partial charge in [-0.1, -0.05) is 28.2 Å². The number of Topliss-reactive ketones (excluding diaryl/α,β-unsaturated/α-hetero) is 2. The van der Waals surface area contributed by atoms with Crippen molar-refractivity contribution in [1.29, 1.82) is 0 Å². The van der Waals surface area contributed by atoms with E-state index in [2.05, 4.69) is 22.6 Å². The zero-order chi connectivity index (χ0) is 18.6. The van der Waals surface area contributed by atoms with Crippen molar-refractivity contribution in [3.63, 3.8) is 0 Å². The Kier molecular flexibility index (Phi) is 3.23. The summed E-state index contributed by atoms with van der Waals surface area (Å²) in [5.74, 6) is -2.74. The molecule has 26 heavy (non-hydrogen) atoms. The van der Waals surface area contributed by atoms with Crippen LogP contribution >= 0.6 is 22.6 Å². The number of ether oxygens (including phenoxy) is 1. The minimum absolute atomic E-state index is 0.0175. The first kappa shape index (κ1) is 16.9. The van der Waals surface area contributed by atoms with E-state index >= 15 is 0 Å². The van der Waals surface area contributed by atoms with Gasteiger partial charge >= 0.3 is 11.9 Å². The molecule has 5 rings (SSSR count). The third kappa shape index (κ3) is 1.69. The fraction of sp³-hybridized carbons (Fsp3) is 0.684. The number of carbonyl (C=O) groups excluding carboxylic acids is 3. The number of alkyl halides is 1. The normalized spacial score (nSPS) is 49.0. The van der Waals surface area contributed by atoms with Crippen molar-refractivity contribution < 1.29 is 29.0 Å². The molecule has 0 radical (unpaired) electrons. The zero-order valence-corrected chi connectivity index (χ0v) is 16.4. The zero-order valence-electron chi connectivity index (χ0n) is 14.3. The molecule has 4 bridgehead atoms. The van der Waals surface area contributed by atoms with E-state index in [0.717, 1.165) is 17.6 Å². The molecule has 4 aliphatic carbocycles. The standard InChI is InChI=1S/C19H19IO6/c1-18-9-4-11(22)19-5-7(10(21)6-19)2-3-8(19)12(9)14(20)15(26-17(18)25)13(18)16(23)24/h7,9,13-15H,2-6H2,1H3,(H,23,24)/t7-,9+,13+,14+,15+,18-,19-/m1/s1. The summed E-state index contributed by atoms with van der Waals surface area (Å²) in [5, 5.41) is 9.77. The SMILES string of the molecule is C[C@]12C(=O)O[C@@H]([C@H]1C(=O)O)[C@@H](I)C1=C3CC[C@@H]4C[C@]3(CC4=O)C(=O)C[C@@H]12. The number of halogens is 1. The lowest BCUT2D eigenvalue weighted by Gasteiger charge is -2.50. The fourth-order valence-electron chi connectivity index (χ4n) is 6.44. The van der Waals surface area contributed by atoms with Crippen LogP contribution in [0.1, 0.15) is 39.0 Å². The lowest BCUT2D eigenvalue weighted by atomic mass is 9.51. The minimum Gasteiger partial charge on any atom is -0.481 e. The van der Waals surface area contributed by atoms with Crippen LogP contribution in [-0.2, 0) is 23.9 Å². The predicted octanol–water partition coefficient (Wildman–Crippen LogP) is 2.08.